The standard InChI is InChI=1S/C21H23BrN2O3S2/c1-2-3-4-9-23-16-8-7-13(22)11-15(16)17(19(23)25)18-20(26)24(21(28)29-18)12-14-6-5-10-27-14/h7-8,11,14H,2-6,9-10,12H2,1H3/b18-17-/t14-/m0/s1. The minimum Gasteiger partial charge on any atom is -0.376 e. The van der Waals surface area contributed by atoms with Crippen LogP contribution in [-0.4, -0.2) is 46.8 Å². The summed E-state index contributed by atoms with van der Waals surface area (Å²) in [4.78, 5) is 30.4. The highest BCUT2D eigenvalue weighted by molar-refractivity contribution is 9.10. The summed E-state index contributed by atoms with van der Waals surface area (Å²) in [5.41, 5.74) is 2.15. The van der Waals surface area contributed by atoms with Gasteiger partial charge in [0.1, 0.15) is 4.32 Å². The van der Waals surface area contributed by atoms with E-state index < -0.39 is 0 Å². The lowest BCUT2D eigenvalue weighted by Crippen LogP contribution is -2.35. The number of anilines is 1. The number of hydrogen-bond donors (Lipinski definition) is 0. The van der Waals surface area contributed by atoms with E-state index in [1.807, 2.05) is 18.2 Å². The molecule has 3 heterocycles. The Morgan fingerprint density at radius 1 is 1.24 bits per heavy atom. The number of ether oxygens (including phenoxy) is 1. The first kappa shape index (κ1) is 21.0. The molecule has 29 heavy (non-hydrogen) atoms. The molecule has 0 aliphatic carbocycles. The molecule has 2 amide bonds. The molecule has 3 aliphatic rings. The number of thiocarbonyl (C=S) groups is 1. The van der Waals surface area contributed by atoms with E-state index in [0.29, 0.717) is 27.9 Å². The molecule has 1 aromatic carbocycles. The van der Waals surface area contributed by atoms with Gasteiger partial charge in [0.25, 0.3) is 11.8 Å². The smallest absolute Gasteiger partial charge is 0.267 e. The van der Waals surface area contributed by atoms with Gasteiger partial charge in [-0.3, -0.25) is 14.5 Å². The first-order chi connectivity index (χ1) is 14.0. The maximum atomic E-state index is 13.4. The van der Waals surface area contributed by atoms with Gasteiger partial charge in [0.2, 0.25) is 0 Å². The van der Waals surface area contributed by atoms with Gasteiger partial charge in [-0.25, -0.2) is 0 Å². The van der Waals surface area contributed by atoms with Gasteiger partial charge in [0.05, 0.1) is 28.8 Å². The lowest BCUT2D eigenvalue weighted by Gasteiger charge is -2.18. The fourth-order valence-corrected chi connectivity index (χ4v) is 5.67. The Kier molecular flexibility index (Phi) is 6.44. The second kappa shape index (κ2) is 8.88. The second-order valence-corrected chi connectivity index (χ2v) is 10.0. The van der Waals surface area contributed by atoms with Crippen LogP contribution in [0.25, 0.3) is 5.57 Å². The maximum absolute atomic E-state index is 13.4. The summed E-state index contributed by atoms with van der Waals surface area (Å²) >= 11 is 10.2. The number of unbranched alkanes of at least 4 members (excludes halogenated alkanes) is 2. The topological polar surface area (TPSA) is 49.9 Å². The van der Waals surface area contributed by atoms with E-state index in [1.54, 1.807) is 9.80 Å². The Hall–Kier alpha value is -1.22. The van der Waals surface area contributed by atoms with Crippen molar-refractivity contribution >= 4 is 67.3 Å². The van der Waals surface area contributed by atoms with Crippen molar-refractivity contribution in [3.05, 3.63) is 33.1 Å². The molecule has 4 rings (SSSR count). The van der Waals surface area contributed by atoms with Gasteiger partial charge in [0.15, 0.2) is 0 Å². The van der Waals surface area contributed by atoms with Gasteiger partial charge in [-0.2, -0.15) is 0 Å². The Labute approximate surface area is 189 Å². The summed E-state index contributed by atoms with van der Waals surface area (Å²) in [5, 5.41) is 0. The molecule has 8 heteroatoms. The van der Waals surface area contributed by atoms with Crippen LogP contribution in [0.1, 0.15) is 44.6 Å². The molecule has 0 saturated carbocycles. The summed E-state index contributed by atoms with van der Waals surface area (Å²) in [6, 6.07) is 5.81. The number of nitrogens with zero attached hydrogens (tertiary/aromatic N) is 2. The average molecular weight is 495 g/mol. The van der Waals surface area contributed by atoms with Crippen molar-refractivity contribution in [2.75, 3.05) is 24.6 Å². The summed E-state index contributed by atoms with van der Waals surface area (Å²) in [7, 11) is 0. The minimum absolute atomic E-state index is 0.0214. The predicted molar refractivity (Wildman–Crippen MR) is 124 cm³/mol. The third kappa shape index (κ3) is 4.04. The van der Waals surface area contributed by atoms with Gasteiger partial charge in [-0.15, -0.1) is 0 Å². The molecule has 0 unspecified atom stereocenters. The molecule has 5 nitrogen and oxygen atoms in total. The zero-order valence-electron chi connectivity index (χ0n) is 16.3. The van der Waals surface area contributed by atoms with E-state index in [0.717, 1.165) is 54.4 Å². The molecule has 0 spiro atoms. The highest BCUT2D eigenvalue weighted by Gasteiger charge is 2.42. The number of thioether (sulfide) groups is 1. The Balaban J connectivity index is 1.68. The van der Waals surface area contributed by atoms with Crippen LogP contribution in [0.15, 0.2) is 27.6 Å². The van der Waals surface area contributed by atoms with Crippen molar-refractivity contribution in [2.24, 2.45) is 0 Å². The number of rotatable bonds is 6. The Morgan fingerprint density at radius 3 is 2.79 bits per heavy atom. The summed E-state index contributed by atoms with van der Waals surface area (Å²) in [6.07, 6.45) is 5.05. The largest absolute Gasteiger partial charge is 0.376 e. The molecule has 0 aromatic heterocycles. The van der Waals surface area contributed by atoms with Crippen molar-refractivity contribution in [3.8, 4) is 0 Å². The minimum atomic E-state index is -0.180. The van der Waals surface area contributed by atoms with E-state index in [9.17, 15) is 9.59 Å². The van der Waals surface area contributed by atoms with Crippen LogP contribution in [-0.2, 0) is 14.3 Å². The molecule has 1 atom stereocenters. The van der Waals surface area contributed by atoms with Crippen LogP contribution in [0, 0.1) is 0 Å². The van der Waals surface area contributed by atoms with Crippen LogP contribution < -0.4 is 4.90 Å². The first-order valence-corrected chi connectivity index (χ1v) is 12.0. The third-order valence-electron chi connectivity index (χ3n) is 5.45. The number of amides is 2. The van der Waals surface area contributed by atoms with Crippen molar-refractivity contribution in [2.45, 2.75) is 45.1 Å². The van der Waals surface area contributed by atoms with Gasteiger partial charge >= 0.3 is 0 Å². The number of benzene rings is 1. The van der Waals surface area contributed by atoms with Gasteiger partial charge in [-0.05, 0) is 37.5 Å². The lowest BCUT2D eigenvalue weighted by molar-refractivity contribution is -0.123. The van der Waals surface area contributed by atoms with Crippen LogP contribution in [0.3, 0.4) is 0 Å². The first-order valence-electron chi connectivity index (χ1n) is 10.0. The fourth-order valence-electron chi connectivity index (χ4n) is 3.96. The Bertz CT molecular complexity index is 896. The van der Waals surface area contributed by atoms with Crippen LogP contribution >= 0.6 is 39.9 Å². The number of carbonyl (C=O) groups is 2. The highest BCUT2D eigenvalue weighted by Crippen LogP contribution is 2.45. The van der Waals surface area contributed by atoms with Gasteiger partial charge in [0, 0.05) is 23.2 Å². The summed E-state index contributed by atoms with van der Waals surface area (Å²) in [6.45, 7) is 3.98. The monoisotopic (exact) mass is 494 g/mol. The van der Waals surface area contributed by atoms with E-state index in [2.05, 4.69) is 22.9 Å². The zero-order valence-corrected chi connectivity index (χ0v) is 19.5. The van der Waals surface area contributed by atoms with Gasteiger partial charge in [-0.1, -0.05) is 59.7 Å². The SMILES string of the molecule is CCCCCN1C(=O)/C(=C2\SC(=S)N(C[C@@H]3CCCO3)C2=O)c2cc(Br)ccc21. The van der Waals surface area contributed by atoms with Crippen molar-refractivity contribution in [1.82, 2.24) is 4.90 Å². The van der Waals surface area contributed by atoms with E-state index in [4.69, 9.17) is 17.0 Å². The summed E-state index contributed by atoms with van der Waals surface area (Å²) < 4.78 is 7.06. The Morgan fingerprint density at radius 2 is 2.07 bits per heavy atom. The quantitative estimate of drug-likeness (QED) is 0.324. The van der Waals surface area contributed by atoms with E-state index >= 15 is 0 Å². The molecular weight excluding hydrogens is 472 g/mol. The molecule has 2 saturated heterocycles. The molecule has 3 aliphatic heterocycles. The predicted octanol–water partition coefficient (Wildman–Crippen LogP) is 4.74. The van der Waals surface area contributed by atoms with Crippen LogP contribution in [0.4, 0.5) is 5.69 Å². The van der Waals surface area contributed by atoms with Crippen LogP contribution in [0.5, 0.6) is 0 Å². The third-order valence-corrected chi connectivity index (χ3v) is 7.39. The molecular formula is C21H23BrN2O3S2. The summed E-state index contributed by atoms with van der Waals surface area (Å²) in [5.74, 6) is -0.285. The van der Waals surface area contributed by atoms with E-state index in [1.165, 1.54) is 11.8 Å². The van der Waals surface area contributed by atoms with Crippen molar-refractivity contribution < 1.29 is 14.3 Å². The lowest BCUT2D eigenvalue weighted by atomic mass is 10.1. The zero-order chi connectivity index (χ0) is 20.5. The van der Waals surface area contributed by atoms with Crippen molar-refractivity contribution in [1.29, 1.82) is 0 Å². The number of carbonyl (C=O) groups excluding carboxylic acids is 2. The number of fused-ring (bicyclic) bond motifs is 1. The molecule has 1 aromatic rings. The van der Waals surface area contributed by atoms with Crippen molar-refractivity contribution in [3.63, 3.8) is 0 Å². The molecule has 154 valence electrons. The maximum Gasteiger partial charge on any atom is 0.267 e. The normalized spacial score (nSPS) is 24.2. The molecule has 2 fully saturated rings. The molecule has 0 radical (unpaired) electrons. The van der Waals surface area contributed by atoms with E-state index in [-0.39, 0.29) is 17.9 Å². The number of halogens is 1. The second-order valence-electron chi connectivity index (χ2n) is 7.45. The fraction of sp³-hybridized carbons (Fsp3) is 0.476. The van der Waals surface area contributed by atoms with Gasteiger partial charge < -0.3 is 9.64 Å². The molecule has 0 bridgehead atoms. The highest BCUT2D eigenvalue weighted by atomic mass is 79.9. The average Bonchev–Trinajstić information content (AvgIpc) is 3.37. The molecule has 0 N–H and O–H groups in total. The van der Waals surface area contributed by atoms with Crippen LogP contribution in [0.2, 0.25) is 0 Å². The number of hydrogen-bond acceptors (Lipinski definition) is 5.